The van der Waals surface area contributed by atoms with Gasteiger partial charge in [0, 0.05) is 11.8 Å². The molecule has 1 rings (SSSR count). The summed E-state index contributed by atoms with van der Waals surface area (Å²) in [6.45, 7) is 3.38. The molecule has 1 aromatic rings. The van der Waals surface area contributed by atoms with Crippen LogP contribution in [0.3, 0.4) is 0 Å². The third-order valence-corrected chi connectivity index (χ3v) is 2.21. The number of benzene rings is 1. The van der Waals surface area contributed by atoms with Gasteiger partial charge in [-0.25, -0.2) is 9.18 Å². The molecule has 0 aliphatic heterocycles. The zero-order valence-corrected chi connectivity index (χ0v) is 10.6. The largest absolute Gasteiger partial charge is 0.491 e. The molecule has 0 fully saturated rings. The van der Waals surface area contributed by atoms with Crippen molar-refractivity contribution in [2.75, 3.05) is 11.9 Å². The van der Waals surface area contributed by atoms with Crippen LogP contribution in [0.5, 0.6) is 5.75 Å². The highest BCUT2D eigenvalue weighted by molar-refractivity contribution is 5.92. The summed E-state index contributed by atoms with van der Waals surface area (Å²) in [7, 11) is 0. The zero-order chi connectivity index (χ0) is 14.4. The number of ether oxygens (including phenoxy) is 1. The molecule has 2 amide bonds. The molecule has 3 N–H and O–H groups in total. The van der Waals surface area contributed by atoms with E-state index in [1.165, 1.54) is 19.1 Å². The van der Waals surface area contributed by atoms with E-state index in [-0.39, 0.29) is 11.4 Å². The van der Waals surface area contributed by atoms with Crippen LogP contribution in [-0.2, 0) is 4.79 Å². The van der Waals surface area contributed by atoms with Gasteiger partial charge in [-0.1, -0.05) is 0 Å². The number of halogens is 1. The Bertz CT molecular complexity index is 479. The lowest BCUT2D eigenvalue weighted by Gasteiger charge is -2.11. The number of hydrogen-bond acceptors (Lipinski definition) is 3. The first-order valence-corrected chi connectivity index (χ1v) is 5.66. The maximum Gasteiger partial charge on any atom is 0.325 e. The molecule has 19 heavy (non-hydrogen) atoms. The van der Waals surface area contributed by atoms with E-state index >= 15 is 0 Å². The van der Waals surface area contributed by atoms with Crippen LogP contribution >= 0.6 is 0 Å². The zero-order valence-electron chi connectivity index (χ0n) is 10.6. The highest BCUT2D eigenvalue weighted by atomic mass is 19.1. The number of carboxylic acid groups (broad SMARTS) is 1. The van der Waals surface area contributed by atoms with Crippen LogP contribution in [-0.4, -0.2) is 29.8 Å². The molecule has 0 saturated carbocycles. The second-order valence-corrected chi connectivity index (χ2v) is 3.74. The lowest BCUT2D eigenvalue weighted by atomic mass is 10.3. The van der Waals surface area contributed by atoms with Gasteiger partial charge in [-0.3, -0.25) is 4.79 Å². The van der Waals surface area contributed by atoms with Gasteiger partial charge in [-0.05, 0) is 26.0 Å². The van der Waals surface area contributed by atoms with Crippen molar-refractivity contribution in [2.45, 2.75) is 19.9 Å². The summed E-state index contributed by atoms with van der Waals surface area (Å²) >= 11 is 0. The van der Waals surface area contributed by atoms with E-state index in [0.717, 1.165) is 6.07 Å². The fraction of sp³-hybridized carbons (Fsp3) is 0.333. The minimum atomic E-state index is -1.16. The fourth-order valence-corrected chi connectivity index (χ4v) is 1.28. The number of nitrogens with one attached hydrogen (secondary N) is 2. The average molecular weight is 270 g/mol. The van der Waals surface area contributed by atoms with Crippen molar-refractivity contribution in [1.29, 1.82) is 0 Å². The summed E-state index contributed by atoms with van der Waals surface area (Å²) in [5, 5.41) is 13.1. The molecule has 0 aliphatic carbocycles. The average Bonchev–Trinajstić information content (AvgIpc) is 2.32. The maximum absolute atomic E-state index is 13.5. The molecule has 0 spiro atoms. The van der Waals surface area contributed by atoms with E-state index < -0.39 is 23.9 Å². The van der Waals surface area contributed by atoms with E-state index in [0.29, 0.717) is 6.61 Å². The van der Waals surface area contributed by atoms with Gasteiger partial charge in [0.05, 0.1) is 6.61 Å². The smallest absolute Gasteiger partial charge is 0.325 e. The van der Waals surface area contributed by atoms with Gasteiger partial charge >= 0.3 is 12.0 Å². The van der Waals surface area contributed by atoms with Gasteiger partial charge in [0.25, 0.3) is 0 Å². The molecule has 0 saturated heterocycles. The summed E-state index contributed by atoms with van der Waals surface area (Å²) in [6.07, 6.45) is 0. The number of anilines is 1. The monoisotopic (exact) mass is 270 g/mol. The van der Waals surface area contributed by atoms with Crippen molar-refractivity contribution in [1.82, 2.24) is 5.32 Å². The molecule has 0 bridgehead atoms. The van der Waals surface area contributed by atoms with Crippen molar-refractivity contribution >= 4 is 17.7 Å². The molecular weight excluding hydrogens is 255 g/mol. The number of urea groups is 1. The molecule has 0 aromatic heterocycles. The van der Waals surface area contributed by atoms with Crippen LogP contribution < -0.4 is 15.4 Å². The molecule has 0 unspecified atom stereocenters. The normalized spacial score (nSPS) is 11.5. The predicted octanol–water partition coefficient (Wildman–Crippen LogP) is 1.82. The van der Waals surface area contributed by atoms with Crippen LogP contribution in [0, 0.1) is 5.82 Å². The van der Waals surface area contributed by atoms with E-state index in [9.17, 15) is 14.0 Å². The number of carbonyl (C=O) groups is 2. The van der Waals surface area contributed by atoms with Crippen molar-refractivity contribution in [2.24, 2.45) is 0 Å². The van der Waals surface area contributed by atoms with Crippen molar-refractivity contribution in [3.05, 3.63) is 24.0 Å². The van der Waals surface area contributed by atoms with Gasteiger partial charge in [-0.2, -0.15) is 0 Å². The highest BCUT2D eigenvalue weighted by Crippen LogP contribution is 2.20. The minimum absolute atomic E-state index is 0.0902. The van der Waals surface area contributed by atoms with Crippen LogP contribution in [0.2, 0.25) is 0 Å². The first kappa shape index (κ1) is 14.7. The third kappa shape index (κ3) is 4.46. The highest BCUT2D eigenvalue weighted by Gasteiger charge is 2.14. The van der Waals surface area contributed by atoms with Gasteiger partial charge < -0.3 is 20.5 Å². The Hall–Kier alpha value is -2.31. The topological polar surface area (TPSA) is 87.7 Å². The molecule has 7 heteroatoms. The first-order valence-electron chi connectivity index (χ1n) is 5.66. The van der Waals surface area contributed by atoms with Gasteiger partial charge in [-0.15, -0.1) is 0 Å². The Morgan fingerprint density at radius 2 is 2.16 bits per heavy atom. The summed E-state index contributed by atoms with van der Waals surface area (Å²) in [5.74, 6) is -1.67. The summed E-state index contributed by atoms with van der Waals surface area (Å²) < 4.78 is 18.5. The van der Waals surface area contributed by atoms with Crippen LogP contribution in [0.25, 0.3) is 0 Å². The number of rotatable bonds is 5. The fourth-order valence-electron chi connectivity index (χ4n) is 1.28. The van der Waals surface area contributed by atoms with E-state index in [1.54, 1.807) is 6.92 Å². The van der Waals surface area contributed by atoms with Crippen LogP contribution in [0.15, 0.2) is 18.2 Å². The minimum Gasteiger partial charge on any atom is -0.491 e. The lowest BCUT2D eigenvalue weighted by Crippen LogP contribution is -2.40. The van der Waals surface area contributed by atoms with Crippen molar-refractivity contribution in [3.8, 4) is 5.75 Å². The molecule has 1 atom stereocenters. The second-order valence-electron chi connectivity index (χ2n) is 3.74. The summed E-state index contributed by atoms with van der Waals surface area (Å²) in [4.78, 5) is 21.9. The van der Waals surface area contributed by atoms with E-state index in [2.05, 4.69) is 10.6 Å². The Morgan fingerprint density at radius 3 is 2.68 bits per heavy atom. The third-order valence-electron chi connectivity index (χ3n) is 2.21. The quantitative estimate of drug-likeness (QED) is 0.761. The number of amides is 2. The van der Waals surface area contributed by atoms with Crippen molar-refractivity contribution < 1.29 is 23.8 Å². The Kier molecular flexibility index (Phi) is 5.11. The Labute approximate surface area is 109 Å². The number of hydrogen-bond donors (Lipinski definition) is 3. The molecule has 0 radical (unpaired) electrons. The lowest BCUT2D eigenvalue weighted by molar-refractivity contribution is -0.138. The first-order chi connectivity index (χ1) is 8.93. The molecule has 0 aliphatic rings. The number of carboxylic acids is 1. The number of carbonyl (C=O) groups excluding carboxylic acids is 1. The van der Waals surface area contributed by atoms with Gasteiger partial charge in [0.15, 0.2) is 11.6 Å². The second kappa shape index (κ2) is 6.58. The maximum atomic E-state index is 13.5. The molecule has 0 heterocycles. The number of aliphatic carboxylic acids is 1. The standard InChI is InChI=1S/C12H15FN2O4/c1-3-19-10-5-4-8(6-9(10)13)15-12(18)14-7(2)11(16)17/h4-7H,3H2,1-2H3,(H,16,17)(H2,14,15,18)/t7-/m0/s1. The molecule has 6 nitrogen and oxygen atoms in total. The molecule has 104 valence electrons. The summed E-state index contributed by atoms with van der Waals surface area (Å²) in [6, 6.07) is 2.18. The predicted molar refractivity (Wildman–Crippen MR) is 66.8 cm³/mol. The van der Waals surface area contributed by atoms with Crippen molar-refractivity contribution in [3.63, 3.8) is 0 Å². The molecule has 1 aromatic carbocycles. The molecular formula is C12H15FN2O4. The van der Waals surface area contributed by atoms with Crippen LogP contribution in [0.4, 0.5) is 14.9 Å². The van der Waals surface area contributed by atoms with Gasteiger partial charge in [0.2, 0.25) is 0 Å². The SMILES string of the molecule is CCOc1ccc(NC(=O)N[C@@H](C)C(=O)O)cc1F. The van der Waals surface area contributed by atoms with Gasteiger partial charge in [0.1, 0.15) is 6.04 Å². The van der Waals surface area contributed by atoms with E-state index in [1.807, 2.05) is 0 Å². The van der Waals surface area contributed by atoms with E-state index in [4.69, 9.17) is 9.84 Å². The Morgan fingerprint density at radius 1 is 1.47 bits per heavy atom. The summed E-state index contributed by atoms with van der Waals surface area (Å²) in [5.41, 5.74) is 0.205. The van der Waals surface area contributed by atoms with Crippen LogP contribution in [0.1, 0.15) is 13.8 Å². The Balaban J connectivity index is 2.65.